The van der Waals surface area contributed by atoms with Crippen LogP contribution in [0.4, 0.5) is 13.2 Å². The lowest BCUT2D eigenvalue weighted by atomic mass is 9.93. The van der Waals surface area contributed by atoms with Gasteiger partial charge in [-0.25, -0.2) is 4.98 Å². The van der Waals surface area contributed by atoms with Gasteiger partial charge in [0, 0.05) is 24.7 Å². The van der Waals surface area contributed by atoms with Crippen molar-refractivity contribution in [2.75, 3.05) is 26.2 Å². The Morgan fingerprint density at radius 2 is 1.73 bits per heavy atom. The van der Waals surface area contributed by atoms with Gasteiger partial charge in [-0.2, -0.15) is 13.2 Å². The number of halogens is 6. The number of nitrogens with zero attached hydrogens (tertiary/aromatic N) is 2. The van der Waals surface area contributed by atoms with Gasteiger partial charge in [0.05, 0.1) is 0 Å². The molecule has 1 aliphatic rings. The van der Waals surface area contributed by atoms with Crippen LogP contribution in [0.15, 0.2) is 18.2 Å². The Bertz CT molecular complexity index is 424. The molecule has 1 fully saturated rings. The van der Waals surface area contributed by atoms with Gasteiger partial charge in [-0.15, -0.1) is 37.2 Å². The van der Waals surface area contributed by atoms with Gasteiger partial charge in [0.1, 0.15) is 5.69 Å². The van der Waals surface area contributed by atoms with Gasteiger partial charge >= 0.3 is 6.18 Å². The highest BCUT2D eigenvalue weighted by Crippen LogP contribution is 2.31. The molecule has 0 saturated carbocycles. The lowest BCUT2D eigenvalue weighted by Crippen LogP contribution is -2.36. The third-order valence-corrected chi connectivity index (χ3v) is 3.51. The second-order valence-corrected chi connectivity index (χ2v) is 4.85. The number of rotatable bonds is 3. The van der Waals surface area contributed by atoms with Crippen LogP contribution in [-0.2, 0) is 6.18 Å². The third-order valence-electron chi connectivity index (χ3n) is 3.51. The van der Waals surface area contributed by atoms with Crippen molar-refractivity contribution in [3.63, 3.8) is 0 Å². The highest BCUT2D eigenvalue weighted by Gasteiger charge is 2.33. The first-order chi connectivity index (χ1) is 9.00. The van der Waals surface area contributed by atoms with Crippen molar-refractivity contribution in [1.82, 2.24) is 9.88 Å². The molecule has 1 aliphatic heterocycles. The first-order valence-corrected chi connectivity index (χ1v) is 6.47. The van der Waals surface area contributed by atoms with E-state index in [1.54, 1.807) is 6.07 Å². The van der Waals surface area contributed by atoms with E-state index in [4.69, 9.17) is 5.73 Å². The molecule has 2 N–H and O–H groups in total. The van der Waals surface area contributed by atoms with Crippen LogP contribution in [-0.4, -0.2) is 36.1 Å². The van der Waals surface area contributed by atoms with E-state index in [1.807, 2.05) is 0 Å². The molecule has 1 aromatic rings. The summed E-state index contributed by atoms with van der Waals surface area (Å²) < 4.78 is 37.8. The van der Waals surface area contributed by atoms with Gasteiger partial charge in [0.2, 0.25) is 0 Å². The van der Waals surface area contributed by atoms with Gasteiger partial charge in [-0.05, 0) is 38.1 Å². The predicted octanol–water partition coefficient (Wildman–Crippen LogP) is 3.50. The molecule has 3 nitrogen and oxygen atoms in total. The minimum atomic E-state index is -4.36. The molecular weight excluding hydrogens is 362 g/mol. The smallest absolute Gasteiger partial charge is 0.329 e. The fraction of sp³-hybridized carbons (Fsp3) is 0.615. The van der Waals surface area contributed by atoms with Crippen LogP contribution in [0.3, 0.4) is 0 Å². The van der Waals surface area contributed by atoms with Crippen LogP contribution in [0.1, 0.15) is 30.1 Å². The number of alkyl halides is 3. The number of pyridine rings is 1. The van der Waals surface area contributed by atoms with Crippen LogP contribution in [0.2, 0.25) is 0 Å². The molecule has 9 heteroatoms. The molecule has 0 atom stereocenters. The average molecular weight is 383 g/mol. The van der Waals surface area contributed by atoms with Gasteiger partial charge in [-0.3, -0.25) is 0 Å². The summed E-state index contributed by atoms with van der Waals surface area (Å²) in [5.41, 5.74) is 5.25. The minimum Gasteiger partial charge on any atom is -0.329 e. The zero-order valence-corrected chi connectivity index (χ0v) is 14.3. The molecule has 1 saturated heterocycles. The number of hydrogen-bond acceptors (Lipinski definition) is 3. The summed E-state index contributed by atoms with van der Waals surface area (Å²) in [4.78, 5) is 6.01. The van der Waals surface area contributed by atoms with Gasteiger partial charge in [0.25, 0.3) is 0 Å². The van der Waals surface area contributed by atoms with E-state index in [1.165, 1.54) is 6.07 Å². The number of hydrogen-bond donors (Lipinski definition) is 1. The van der Waals surface area contributed by atoms with E-state index in [0.717, 1.165) is 38.5 Å². The molecule has 1 aromatic heterocycles. The Labute approximate surface area is 147 Å². The number of aromatic nitrogens is 1. The van der Waals surface area contributed by atoms with E-state index >= 15 is 0 Å². The molecule has 2 heterocycles. The highest BCUT2D eigenvalue weighted by molar-refractivity contribution is 5.86. The van der Waals surface area contributed by atoms with Crippen molar-refractivity contribution in [3.05, 3.63) is 29.6 Å². The predicted molar refractivity (Wildman–Crippen MR) is 88.5 cm³/mol. The van der Waals surface area contributed by atoms with Crippen molar-refractivity contribution < 1.29 is 13.2 Å². The van der Waals surface area contributed by atoms with Crippen molar-refractivity contribution >= 4 is 37.2 Å². The van der Waals surface area contributed by atoms with Gasteiger partial charge < -0.3 is 10.6 Å². The van der Waals surface area contributed by atoms with Crippen molar-refractivity contribution in [3.8, 4) is 0 Å². The molecule has 22 heavy (non-hydrogen) atoms. The summed E-state index contributed by atoms with van der Waals surface area (Å²) in [6, 6.07) is 4.16. The van der Waals surface area contributed by atoms with Crippen molar-refractivity contribution in [2.24, 2.45) is 5.73 Å². The number of nitrogens with two attached hydrogens (primary N) is 1. The summed E-state index contributed by atoms with van der Waals surface area (Å²) in [6.07, 6.45) is -2.68. The fourth-order valence-electron chi connectivity index (χ4n) is 2.47. The highest BCUT2D eigenvalue weighted by atomic mass is 35.5. The Morgan fingerprint density at radius 3 is 2.23 bits per heavy atom. The molecule has 0 unspecified atom stereocenters. The lowest BCUT2D eigenvalue weighted by molar-refractivity contribution is -0.141. The molecule has 0 amide bonds. The maximum absolute atomic E-state index is 12.6. The SMILES string of the molecule is Cl.Cl.Cl.NCCN1CCC(c2cccc(C(F)(F)F)n2)CC1. The molecule has 0 spiro atoms. The molecule has 0 aliphatic carbocycles. The molecule has 2 rings (SSSR count). The molecule has 0 radical (unpaired) electrons. The summed E-state index contributed by atoms with van der Waals surface area (Å²) >= 11 is 0. The largest absolute Gasteiger partial charge is 0.433 e. The van der Waals surface area contributed by atoms with Crippen LogP contribution in [0.5, 0.6) is 0 Å². The normalized spacial score (nSPS) is 16.2. The topological polar surface area (TPSA) is 42.1 Å². The van der Waals surface area contributed by atoms with E-state index in [2.05, 4.69) is 9.88 Å². The molecule has 130 valence electrons. The maximum atomic E-state index is 12.6. The Balaban J connectivity index is 0. The summed E-state index contributed by atoms with van der Waals surface area (Å²) in [5.74, 6) is 0.122. The second kappa shape index (κ2) is 10.5. The maximum Gasteiger partial charge on any atom is 0.433 e. The van der Waals surface area contributed by atoms with Crippen molar-refractivity contribution in [2.45, 2.75) is 24.9 Å². The quantitative estimate of drug-likeness (QED) is 0.870. The van der Waals surface area contributed by atoms with Crippen molar-refractivity contribution in [1.29, 1.82) is 0 Å². The fourth-order valence-corrected chi connectivity index (χ4v) is 2.47. The summed E-state index contributed by atoms with van der Waals surface area (Å²) in [6.45, 7) is 3.22. The zero-order chi connectivity index (χ0) is 13.9. The Hall–Kier alpha value is -0.270. The Kier molecular flexibility index (Phi) is 11.4. The van der Waals surface area contributed by atoms with Crippen LogP contribution in [0, 0.1) is 0 Å². The van der Waals surface area contributed by atoms with Crippen LogP contribution in [0.25, 0.3) is 0 Å². The molecule has 0 bridgehead atoms. The second-order valence-electron chi connectivity index (χ2n) is 4.85. The third kappa shape index (κ3) is 6.46. The minimum absolute atomic E-state index is 0. The Morgan fingerprint density at radius 1 is 1.14 bits per heavy atom. The van der Waals surface area contributed by atoms with Gasteiger partial charge in [0.15, 0.2) is 0 Å². The average Bonchev–Trinajstić information content (AvgIpc) is 2.39. The first kappa shape index (κ1) is 24.0. The molecule has 0 aromatic carbocycles. The standard InChI is InChI=1S/C13H18F3N3.3ClH/c14-13(15,16)12-3-1-2-11(18-12)10-4-7-19(8-5-10)9-6-17;;;/h1-3,10H,4-9,17H2;3*1H. The summed E-state index contributed by atoms with van der Waals surface area (Å²) in [7, 11) is 0. The monoisotopic (exact) mass is 381 g/mol. The first-order valence-electron chi connectivity index (χ1n) is 6.47. The number of likely N-dealkylation sites (tertiary alicyclic amines) is 1. The van der Waals surface area contributed by atoms with E-state index in [-0.39, 0.29) is 43.1 Å². The van der Waals surface area contributed by atoms with Crippen LogP contribution >= 0.6 is 37.2 Å². The lowest BCUT2D eigenvalue weighted by Gasteiger charge is -2.31. The van der Waals surface area contributed by atoms with Crippen LogP contribution < -0.4 is 5.73 Å². The zero-order valence-electron chi connectivity index (χ0n) is 11.9. The molecular formula is C13H21Cl3F3N3. The van der Waals surface area contributed by atoms with E-state index in [9.17, 15) is 13.2 Å². The van der Waals surface area contributed by atoms with Gasteiger partial charge in [-0.1, -0.05) is 6.07 Å². The number of piperidine rings is 1. The van der Waals surface area contributed by atoms with E-state index in [0.29, 0.717) is 12.2 Å². The summed E-state index contributed by atoms with van der Waals surface area (Å²) in [5, 5.41) is 0. The van der Waals surface area contributed by atoms with E-state index < -0.39 is 11.9 Å².